The lowest BCUT2D eigenvalue weighted by Gasteiger charge is -2.10. The molecule has 1 aromatic rings. The average Bonchev–Trinajstić information content (AvgIpc) is 2.42. The van der Waals surface area contributed by atoms with E-state index in [1.54, 1.807) is 6.92 Å². The van der Waals surface area contributed by atoms with E-state index < -0.39 is 16.5 Å². The van der Waals surface area contributed by atoms with E-state index in [1.807, 2.05) is 0 Å². The Bertz CT molecular complexity index is 488. The second-order valence-electron chi connectivity index (χ2n) is 3.35. The van der Waals surface area contributed by atoms with Crippen LogP contribution in [-0.2, 0) is 4.84 Å². The van der Waals surface area contributed by atoms with Gasteiger partial charge < -0.3 is 9.47 Å². The molecule has 0 saturated carbocycles. The van der Waals surface area contributed by atoms with Crippen molar-refractivity contribution in [3.8, 4) is 11.5 Å². The molecule has 0 spiro atoms. The molecule has 0 bridgehead atoms. The summed E-state index contributed by atoms with van der Waals surface area (Å²) < 4.78 is 9.95. The Morgan fingerprint density at radius 3 is 2.37 bits per heavy atom. The van der Waals surface area contributed by atoms with Crippen LogP contribution in [0.3, 0.4) is 0 Å². The third-order valence-electron chi connectivity index (χ3n) is 2.25. The number of nitro groups is 1. The number of nitro benzene ring substituents is 1. The van der Waals surface area contributed by atoms with Gasteiger partial charge >= 0.3 is 0 Å². The van der Waals surface area contributed by atoms with Crippen molar-refractivity contribution in [2.24, 2.45) is 0 Å². The summed E-state index contributed by atoms with van der Waals surface area (Å²) in [6.45, 7) is 1.91. The number of ether oxygens (including phenoxy) is 2. The first-order valence-corrected chi connectivity index (χ1v) is 5.37. The lowest BCUT2D eigenvalue weighted by molar-refractivity contribution is -0.385. The summed E-state index contributed by atoms with van der Waals surface area (Å²) in [5.41, 5.74) is 1.53. The van der Waals surface area contributed by atoms with E-state index in [-0.39, 0.29) is 23.7 Å². The highest BCUT2D eigenvalue weighted by molar-refractivity contribution is 5.98. The number of nitrogens with zero attached hydrogens (tertiary/aromatic N) is 1. The predicted molar refractivity (Wildman–Crippen MR) is 65.3 cm³/mol. The molecule has 1 N–H and O–H groups in total. The van der Waals surface area contributed by atoms with Crippen molar-refractivity contribution in [3.05, 3.63) is 27.8 Å². The Labute approximate surface area is 109 Å². The number of carbonyl (C=O) groups is 1. The number of amides is 1. The van der Waals surface area contributed by atoms with E-state index in [0.717, 1.165) is 6.07 Å². The standard InChI is InChI=1S/C11H14N2O6/c1-4-19-12-11(14)7-5-9(17-2)10(18-3)6-8(7)13(15)16/h5-6H,4H2,1-3H3,(H,12,14). The van der Waals surface area contributed by atoms with Crippen molar-refractivity contribution in [1.82, 2.24) is 5.48 Å². The van der Waals surface area contributed by atoms with Crippen LogP contribution in [0.5, 0.6) is 11.5 Å². The van der Waals surface area contributed by atoms with E-state index in [9.17, 15) is 14.9 Å². The Morgan fingerprint density at radius 1 is 1.32 bits per heavy atom. The number of methoxy groups -OCH3 is 2. The second kappa shape index (κ2) is 6.55. The summed E-state index contributed by atoms with van der Waals surface area (Å²) in [6, 6.07) is 2.35. The van der Waals surface area contributed by atoms with Crippen molar-refractivity contribution >= 4 is 11.6 Å². The lowest BCUT2D eigenvalue weighted by Crippen LogP contribution is -2.24. The van der Waals surface area contributed by atoms with Crippen LogP contribution in [0.25, 0.3) is 0 Å². The van der Waals surface area contributed by atoms with Crippen molar-refractivity contribution in [2.75, 3.05) is 20.8 Å². The highest BCUT2D eigenvalue weighted by Gasteiger charge is 2.24. The predicted octanol–water partition coefficient (Wildman–Crippen LogP) is 1.29. The number of hydrogen-bond acceptors (Lipinski definition) is 6. The van der Waals surface area contributed by atoms with Gasteiger partial charge in [0, 0.05) is 6.07 Å². The summed E-state index contributed by atoms with van der Waals surface area (Å²) in [5.74, 6) is -0.341. The SMILES string of the molecule is CCONC(=O)c1cc(OC)c(OC)cc1[N+](=O)[O-]. The summed E-state index contributed by atoms with van der Waals surface area (Å²) in [4.78, 5) is 26.8. The molecule has 0 aromatic heterocycles. The number of benzene rings is 1. The zero-order valence-corrected chi connectivity index (χ0v) is 10.8. The highest BCUT2D eigenvalue weighted by atomic mass is 16.7. The fraction of sp³-hybridized carbons (Fsp3) is 0.364. The van der Waals surface area contributed by atoms with Gasteiger partial charge in [-0.05, 0) is 6.92 Å². The topological polar surface area (TPSA) is 99.9 Å². The molecule has 0 aliphatic carbocycles. The Kier molecular flexibility index (Phi) is 5.07. The zero-order chi connectivity index (χ0) is 14.4. The molecule has 0 aliphatic heterocycles. The summed E-state index contributed by atoms with van der Waals surface area (Å²) >= 11 is 0. The van der Waals surface area contributed by atoms with E-state index >= 15 is 0 Å². The minimum atomic E-state index is -0.727. The van der Waals surface area contributed by atoms with Gasteiger partial charge in [-0.25, -0.2) is 5.48 Å². The highest BCUT2D eigenvalue weighted by Crippen LogP contribution is 2.34. The van der Waals surface area contributed by atoms with Gasteiger partial charge in [0.15, 0.2) is 11.5 Å². The van der Waals surface area contributed by atoms with Crippen LogP contribution in [-0.4, -0.2) is 31.7 Å². The molecule has 0 fully saturated rings. The van der Waals surface area contributed by atoms with Gasteiger partial charge in [0.05, 0.1) is 31.8 Å². The molecular weight excluding hydrogens is 256 g/mol. The van der Waals surface area contributed by atoms with Crippen molar-refractivity contribution in [3.63, 3.8) is 0 Å². The van der Waals surface area contributed by atoms with Gasteiger partial charge in [0.2, 0.25) is 0 Å². The van der Waals surface area contributed by atoms with Gasteiger partial charge in [-0.1, -0.05) is 0 Å². The third kappa shape index (κ3) is 3.32. The monoisotopic (exact) mass is 270 g/mol. The van der Waals surface area contributed by atoms with Gasteiger partial charge in [-0.15, -0.1) is 0 Å². The minimum Gasteiger partial charge on any atom is -0.493 e. The summed E-state index contributed by atoms with van der Waals surface area (Å²) in [6.07, 6.45) is 0. The Morgan fingerprint density at radius 2 is 1.89 bits per heavy atom. The molecule has 1 rings (SSSR count). The molecule has 0 saturated heterocycles. The van der Waals surface area contributed by atoms with Gasteiger partial charge in [-0.2, -0.15) is 0 Å². The third-order valence-corrected chi connectivity index (χ3v) is 2.25. The van der Waals surface area contributed by atoms with Crippen LogP contribution >= 0.6 is 0 Å². The molecule has 1 aromatic carbocycles. The molecular formula is C11H14N2O6. The van der Waals surface area contributed by atoms with Crippen molar-refractivity contribution < 1.29 is 24.0 Å². The first-order chi connectivity index (χ1) is 9.04. The maximum Gasteiger partial charge on any atom is 0.286 e. The number of hydrogen-bond donors (Lipinski definition) is 1. The maximum absolute atomic E-state index is 11.8. The number of nitrogens with one attached hydrogen (secondary N) is 1. The van der Waals surface area contributed by atoms with Crippen LogP contribution in [0.4, 0.5) is 5.69 Å². The fourth-order valence-electron chi connectivity index (χ4n) is 1.39. The van der Waals surface area contributed by atoms with Gasteiger partial charge in [0.1, 0.15) is 5.56 Å². The van der Waals surface area contributed by atoms with Crippen molar-refractivity contribution in [1.29, 1.82) is 0 Å². The van der Waals surface area contributed by atoms with E-state index in [1.165, 1.54) is 20.3 Å². The molecule has 0 radical (unpaired) electrons. The smallest absolute Gasteiger partial charge is 0.286 e. The molecule has 0 heterocycles. The molecule has 0 aliphatic rings. The maximum atomic E-state index is 11.8. The summed E-state index contributed by atoms with van der Waals surface area (Å²) in [7, 11) is 2.72. The molecule has 8 nitrogen and oxygen atoms in total. The van der Waals surface area contributed by atoms with Crippen LogP contribution in [0.2, 0.25) is 0 Å². The van der Waals surface area contributed by atoms with E-state index in [0.29, 0.717) is 0 Å². The van der Waals surface area contributed by atoms with Crippen molar-refractivity contribution in [2.45, 2.75) is 6.92 Å². The van der Waals surface area contributed by atoms with Gasteiger partial charge in [0.25, 0.3) is 11.6 Å². The first kappa shape index (κ1) is 14.7. The quantitative estimate of drug-likeness (QED) is 0.617. The fourth-order valence-corrected chi connectivity index (χ4v) is 1.39. The number of hydroxylamine groups is 1. The number of rotatable bonds is 6. The molecule has 0 unspecified atom stereocenters. The normalized spacial score (nSPS) is 9.84. The van der Waals surface area contributed by atoms with Crippen LogP contribution in [0, 0.1) is 10.1 Å². The molecule has 1 amide bonds. The van der Waals surface area contributed by atoms with E-state index in [2.05, 4.69) is 5.48 Å². The van der Waals surface area contributed by atoms with Crippen LogP contribution in [0.15, 0.2) is 12.1 Å². The molecule has 0 atom stereocenters. The van der Waals surface area contributed by atoms with Crippen LogP contribution < -0.4 is 15.0 Å². The molecule has 19 heavy (non-hydrogen) atoms. The lowest BCUT2D eigenvalue weighted by atomic mass is 10.1. The first-order valence-electron chi connectivity index (χ1n) is 5.37. The minimum absolute atomic E-state index is 0.169. The largest absolute Gasteiger partial charge is 0.493 e. The zero-order valence-electron chi connectivity index (χ0n) is 10.8. The van der Waals surface area contributed by atoms with E-state index in [4.69, 9.17) is 14.3 Å². The second-order valence-corrected chi connectivity index (χ2v) is 3.35. The Hall–Kier alpha value is -2.35. The van der Waals surface area contributed by atoms with Crippen LogP contribution in [0.1, 0.15) is 17.3 Å². The van der Waals surface area contributed by atoms with Gasteiger partial charge in [-0.3, -0.25) is 19.7 Å². The molecule has 104 valence electrons. The average molecular weight is 270 g/mol. The summed E-state index contributed by atoms with van der Waals surface area (Å²) in [5, 5.41) is 11.0. The molecule has 8 heteroatoms. The number of carbonyl (C=O) groups excluding carboxylic acids is 1. The Balaban J connectivity index is 3.27.